The molecule has 4 rings (SSSR count). The Bertz CT molecular complexity index is 820. The zero-order valence-corrected chi connectivity index (χ0v) is 15.1. The lowest BCUT2D eigenvalue weighted by Gasteiger charge is -2.33. The van der Waals surface area contributed by atoms with Crippen LogP contribution in [0.3, 0.4) is 0 Å². The van der Waals surface area contributed by atoms with Gasteiger partial charge in [0, 0.05) is 40.8 Å². The van der Waals surface area contributed by atoms with Crippen LogP contribution in [0.4, 0.5) is 5.82 Å². The molecule has 134 valence electrons. The first-order chi connectivity index (χ1) is 12.0. The lowest BCUT2D eigenvalue weighted by molar-refractivity contribution is 0.0651. The topological polar surface area (TPSA) is 74.5 Å². The van der Waals surface area contributed by atoms with E-state index in [0.29, 0.717) is 17.0 Å². The van der Waals surface area contributed by atoms with Gasteiger partial charge in [-0.05, 0) is 36.7 Å². The van der Waals surface area contributed by atoms with Gasteiger partial charge in [0.2, 0.25) is 0 Å². The lowest BCUT2D eigenvalue weighted by atomic mass is 9.91. The summed E-state index contributed by atoms with van der Waals surface area (Å²) in [7, 11) is 5.76. The third kappa shape index (κ3) is 2.49. The summed E-state index contributed by atoms with van der Waals surface area (Å²) in [6, 6.07) is 1.91. The number of aliphatic hydroxyl groups excluding tert-OH is 1. The van der Waals surface area contributed by atoms with E-state index in [1.54, 1.807) is 6.33 Å². The van der Waals surface area contributed by atoms with Crippen LogP contribution in [0.15, 0.2) is 12.4 Å². The normalized spacial score (nSPS) is 21.8. The second-order valence-corrected chi connectivity index (χ2v) is 7.66. The van der Waals surface area contributed by atoms with Crippen molar-refractivity contribution in [1.82, 2.24) is 19.4 Å². The zero-order valence-electron chi connectivity index (χ0n) is 15.1. The summed E-state index contributed by atoms with van der Waals surface area (Å²) in [5.41, 5.74) is 1.73. The number of piperidine rings is 1. The fourth-order valence-corrected chi connectivity index (χ4v) is 4.30. The minimum absolute atomic E-state index is 0.0567. The summed E-state index contributed by atoms with van der Waals surface area (Å²) in [6.07, 6.45) is 4.65. The number of nitrogens with zero attached hydrogens (tertiary/aromatic N) is 5. The Hall–Kier alpha value is -2.15. The maximum Gasteiger partial charge on any atom is 0.270 e. The molecule has 7 heteroatoms. The first-order valence-corrected chi connectivity index (χ1v) is 8.85. The lowest BCUT2D eigenvalue weighted by Crippen LogP contribution is -2.40. The van der Waals surface area contributed by atoms with Gasteiger partial charge in [-0.15, -0.1) is 0 Å². The van der Waals surface area contributed by atoms with E-state index in [2.05, 4.69) is 9.97 Å². The Kier molecular flexibility index (Phi) is 3.72. The van der Waals surface area contributed by atoms with Gasteiger partial charge in [-0.25, -0.2) is 9.97 Å². The average Bonchev–Trinajstić information content (AvgIpc) is 3.19. The second kappa shape index (κ2) is 5.69. The van der Waals surface area contributed by atoms with Crippen LogP contribution >= 0.6 is 0 Å². The van der Waals surface area contributed by atoms with Crippen molar-refractivity contribution in [2.75, 3.05) is 38.7 Å². The van der Waals surface area contributed by atoms with Gasteiger partial charge in [-0.3, -0.25) is 4.79 Å². The maximum absolute atomic E-state index is 13.0. The number of amides is 1. The van der Waals surface area contributed by atoms with Crippen molar-refractivity contribution >= 4 is 22.8 Å². The smallest absolute Gasteiger partial charge is 0.270 e. The van der Waals surface area contributed by atoms with Crippen molar-refractivity contribution in [2.45, 2.75) is 19.3 Å². The first kappa shape index (κ1) is 16.3. The van der Waals surface area contributed by atoms with Gasteiger partial charge >= 0.3 is 0 Å². The van der Waals surface area contributed by atoms with E-state index in [-0.39, 0.29) is 12.5 Å². The molecule has 0 radical (unpaired) electrons. The number of hydrogen-bond donors (Lipinski definition) is 1. The predicted octanol–water partition coefficient (Wildman–Crippen LogP) is 1.27. The van der Waals surface area contributed by atoms with E-state index >= 15 is 0 Å². The molecule has 0 aromatic carbocycles. The largest absolute Gasteiger partial charge is 0.396 e. The van der Waals surface area contributed by atoms with Crippen LogP contribution < -0.4 is 4.90 Å². The van der Waals surface area contributed by atoms with E-state index in [9.17, 15) is 9.90 Å². The minimum atomic E-state index is 0.0567. The molecule has 0 bridgehead atoms. The number of likely N-dealkylation sites (tertiary alicyclic amines) is 1. The number of rotatable bonds is 3. The number of aromatic nitrogens is 3. The van der Waals surface area contributed by atoms with E-state index in [4.69, 9.17) is 0 Å². The summed E-state index contributed by atoms with van der Waals surface area (Å²) in [4.78, 5) is 25.6. The number of carbonyl (C=O) groups excluding carboxylic acids is 1. The van der Waals surface area contributed by atoms with Crippen LogP contribution in [0.25, 0.3) is 11.0 Å². The van der Waals surface area contributed by atoms with E-state index in [1.165, 1.54) is 0 Å². The van der Waals surface area contributed by atoms with Gasteiger partial charge in [-0.2, -0.15) is 0 Å². The molecule has 1 N–H and O–H groups in total. The van der Waals surface area contributed by atoms with Gasteiger partial charge in [-0.1, -0.05) is 0 Å². The molecule has 1 spiro atoms. The molecule has 7 nitrogen and oxygen atoms in total. The molecule has 1 aliphatic carbocycles. The number of hydrogen-bond acceptors (Lipinski definition) is 5. The van der Waals surface area contributed by atoms with Gasteiger partial charge in [0.1, 0.15) is 23.5 Å². The molecule has 2 aromatic rings. The molecular weight excluding hydrogens is 318 g/mol. The summed E-state index contributed by atoms with van der Waals surface area (Å²) in [6.45, 7) is 1.81. The van der Waals surface area contributed by atoms with E-state index < -0.39 is 0 Å². The van der Waals surface area contributed by atoms with Gasteiger partial charge in [0.25, 0.3) is 5.91 Å². The Morgan fingerprint density at radius 2 is 2.08 bits per heavy atom. The van der Waals surface area contributed by atoms with Crippen molar-refractivity contribution in [2.24, 2.45) is 18.4 Å². The van der Waals surface area contributed by atoms with Crippen molar-refractivity contribution in [3.8, 4) is 0 Å². The molecule has 2 fully saturated rings. The second-order valence-electron chi connectivity index (χ2n) is 7.66. The van der Waals surface area contributed by atoms with Crippen molar-refractivity contribution < 1.29 is 9.90 Å². The van der Waals surface area contributed by atoms with Crippen LogP contribution in [-0.2, 0) is 7.05 Å². The average molecular weight is 343 g/mol. The van der Waals surface area contributed by atoms with E-state index in [0.717, 1.165) is 49.2 Å². The SMILES string of the molecule is CN(C)c1ncnc2c1cc(C(=O)N1CCC3(CC1)CC3CO)n2C. The van der Waals surface area contributed by atoms with Crippen LogP contribution in [0.5, 0.6) is 0 Å². The third-order valence-electron chi connectivity index (χ3n) is 6.07. The molecule has 1 unspecified atom stereocenters. The Labute approximate surface area is 147 Å². The molecule has 1 amide bonds. The number of aliphatic hydroxyl groups is 1. The summed E-state index contributed by atoms with van der Waals surface area (Å²) in [5, 5.41) is 10.3. The fourth-order valence-electron chi connectivity index (χ4n) is 4.30. The molecule has 1 aliphatic heterocycles. The van der Waals surface area contributed by atoms with Crippen LogP contribution in [-0.4, -0.2) is 64.2 Å². The third-order valence-corrected chi connectivity index (χ3v) is 6.07. The molecule has 1 saturated heterocycles. The van der Waals surface area contributed by atoms with Crippen molar-refractivity contribution in [1.29, 1.82) is 0 Å². The molecule has 3 heterocycles. The number of anilines is 1. The molecular formula is C18H25N5O2. The predicted molar refractivity (Wildman–Crippen MR) is 95.6 cm³/mol. The molecule has 2 aliphatic rings. The summed E-state index contributed by atoms with van der Waals surface area (Å²) in [5.74, 6) is 1.32. The summed E-state index contributed by atoms with van der Waals surface area (Å²) < 4.78 is 1.87. The number of aryl methyl sites for hydroxylation is 1. The quantitative estimate of drug-likeness (QED) is 0.908. The maximum atomic E-state index is 13.0. The molecule has 1 saturated carbocycles. The Balaban J connectivity index is 1.59. The summed E-state index contributed by atoms with van der Waals surface area (Å²) >= 11 is 0. The standard InChI is InChI=1S/C18H25N5O2/c1-21(2)15-13-8-14(22(3)16(13)20-11-19-15)17(25)23-6-4-18(5-7-23)9-12(18)10-24/h8,11-12,24H,4-7,9-10H2,1-3H3. The fraction of sp³-hybridized carbons (Fsp3) is 0.611. The van der Waals surface area contributed by atoms with Crippen LogP contribution in [0.1, 0.15) is 29.8 Å². The highest BCUT2D eigenvalue weighted by Gasteiger charge is 2.54. The van der Waals surface area contributed by atoms with Gasteiger partial charge < -0.3 is 19.5 Å². The molecule has 1 atom stereocenters. The highest BCUT2D eigenvalue weighted by atomic mass is 16.3. The number of carbonyl (C=O) groups is 1. The number of fused-ring (bicyclic) bond motifs is 1. The zero-order chi connectivity index (χ0) is 17.8. The monoisotopic (exact) mass is 343 g/mol. The highest BCUT2D eigenvalue weighted by molar-refractivity contribution is 6.00. The van der Waals surface area contributed by atoms with Gasteiger partial charge in [0.15, 0.2) is 0 Å². The van der Waals surface area contributed by atoms with Crippen molar-refractivity contribution in [3.05, 3.63) is 18.1 Å². The molecule has 25 heavy (non-hydrogen) atoms. The van der Waals surface area contributed by atoms with Crippen LogP contribution in [0, 0.1) is 11.3 Å². The van der Waals surface area contributed by atoms with Gasteiger partial charge in [0.05, 0.1) is 5.39 Å². The first-order valence-electron chi connectivity index (χ1n) is 8.85. The van der Waals surface area contributed by atoms with Crippen molar-refractivity contribution in [3.63, 3.8) is 0 Å². The minimum Gasteiger partial charge on any atom is -0.396 e. The Morgan fingerprint density at radius 1 is 1.36 bits per heavy atom. The Morgan fingerprint density at radius 3 is 2.68 bits per heavy atom. The highest BCUT2D eigenvalue weighted by Crippen LogP contribution is 2.59. The van der Waals surface area contributed by atoms with E-state index in [1.807, 2.05) is 41.6 Å². The molecule has 2 aromatic heterocycles. The van der Waals surface area contributed by atoms with Crippen LogP contribution in [0.2, 0.25) is 0 Å².